The maximum atomic E-state index is 6.03. The SMILES string of the molecule is CCOC(Cl)C1(C)CCOC1. The molecule has 0 saturated carbocycles. The van der Waals surface area contributed by atoms with Gasteiger partial charge in [-0.05, 0) is 13.3 Å². The molecule has 0 spiro atoms. The van der Waals surface area contributed by atoms with Crippen LogP contribution >= 0.6 is 11.6 Å². The molecule has 1 fully saturated rings. The summed E-state index contributed by atoms with van der Waals surface area (Å²) < 4.78 is 10.6. The minimum Gasteiger partial charge on any atom is -0.381 e. The van der Waals surface area contributed by atoms with E-state index in [9.17, 15) is 0 Å². The summed E-state index contributed by atoms with van der Waals surface area (Å²) in [5.41, 5.74) is -0.174. The molecule has 1 heterocycles. The summed E-state index contributed by atoms with van der Waals surface area (Å²) in [5.74, 6) is 0. The van der Waals surface area contributed by atoms with Gasteiger partial charge in [0.05, 0.1) is 6.61 Å². The van der Waals surface area contributed by atoms with Crippen LogP contribution in [0.1, 0.15) is 20.3 Å². The van der Waals surface area contributed by atoms with Crippen molar-refractivity contribution in [3.8, 4) is 0 Å². The molecule has 2 nitrogen and oxygen atoms in total. The molecule has 1 rings (SSSR count). The molecule has 1 saturated heterocycles. The maximum Gasteiger partial charge on any atom is 0.138 e. The van der Waals surface area contributed by atoms with Gasteiger partial charge in [0.15, 0.2) is 0 Å². The first-order valence-electron chi connectivity index (χ1n) is 4.02. The Bertz CT molecular complexity index is 121. The first kappa shape index (κ1) is 9.30. The fraction of sp³-hybridized carbons (Fsp3) is 1.00. The summed E-state index contributed by atoms with van der Waals surface area (Å²) in [6.07, 6.45) is 1.00. The molecule has 0 aromatic heterocycles. The first-order valence-corrected chi connectivity index (χ1v) is 4.46. The zero-order valence-corrected chi connectivity index (χ0v) is 7.86. The molecule has 2 atom stereocenters. The van der Waals surface area contributed by atoms with Crippen molar-refractivity contribution in [2.45, 2.75) is 25.8 Å². The van der Waals surface area contributed by atoms with Crippen LogP contribution in [0.15, 0.2) is 0 Å². The molecule has 0 radical (unpaired) electrons. The number of hydrogen-bond acceptors (Lipinski definition) is 2. The number of hydrogen-bond donors (Lipinski definition) is 0. The highest BCUT2D eigenvalue weighted by Gasteiger charge is 2.37. The van der Waals surface area contributed by atoms with Crippen LogP contribution in [0, 0.1) is 5.41 Å². The highest BCUT2D eigenvalue weighted by atomic mass is 35.5. The van der Waals surface area contributed by atoms with Crippen molar-refractivity contribution in [1.82, 2.24) is 0 Å². The third-order valence-corrected chi connectivity index (χ3v) is 2.76. The maximum absolute atomic E-state index is 6.03. The van der Waals surface area contributed by atoms with E-state index in [-0.39, 0.29) is 11.0 Å². The summed E-state index contributed by atoms with van der Waals surface area (Å²) >= 11 is 6.03. The smallest absolute Gasteiger partial charge is 0.138 e. The van der Waals surface area contributed by atoms with Crippen molar-refractivity contribution in [3.05, 3.63) is 0 Å². The van der Waals surface area contributed by atoms with E-state index >= 15 is 0 Å². The van der Waals surface area contributed by atoms with Gasteiger partial charge in [-0.15, -0.1) is 0 Å². The summed E-state index contributed by atoms with van der Waals surface area (Å²) in [4.78, 5) is 0. The lowest BCUT2D eigenvalue weighted by Crippen LogP contribution is -2.30. The van der Waals surface area contributed by atoms with Crippen LogP contribution in [0.5, 0.6) is 0 Å². The lowest BCUT2D eigenvalue weighted by molar-refractivity contribution is 0.0209. The van der Waals surface area contributed by atoms with Gasteiger partial charge in [0.2, 0.25) is 0 Å². The lowest BCUT2D eigenvalue weighted by Gasteiger charge is -2.26. The Hall–Kier alpha value is 0.210. The van der Waals surface area contributed by atoms with Crippen molar-refractivity contribution in [2.24, 2.45) is 5.41 Å². The molecule has 1 aliphatic rings. The fourth-order valence-electron chi connectivity index (χ4n) is 1.21. The van der Waals surface area contributed by atoms with Crippen LogP contribution in [0.4, 0.5) is 0 Å². The van der Waals surface area contributed by atoms with E-state index in [0.717, 1.165) is 19.6 Å². The highest BCUT2D eigenvalue weighted by molar-refractivity contribution is 6.20. The van der Waals surface area contributed by atoms with Crippen molar-refractivity contribution in [2.75, 3.05) is 19.8 Å². The van der Waals surface area contributed by atoms with Gasteiger partial charge in [0.1, 0.15) is 5.56 Å². The largest absolute Gasteiger partial charge is 0.381 e. The van der Waals surface area contributed by atoms with Gasteiger partial charge in [-0.1, -0.05) is 18.5 Å². The zero-order chi connectivity index (χ0) is 8.32. The molecule has 1 aliphatic heterocycles. The summed E-state index contributed by atoms with van der Waals surface area (Å²) in [6.45, 7) is 6.26. The summed E-state index contributed by atoms with van der Waals surface area (Å²) in [5, 5.41) is 0. The normalized spacial score (nSPS) is 34.1. The predicted molar refractivity (Wildman–Crippen MR) is 44.8 cm³/mol. The number of alkyl halides is 1. The van der Waals surface area contributed by atoms with Crippen LogP contribution < -0.4 is 0 Å². The molecule has 0 aliphatic carbocycles. The number of rotatable bonds is 3. The van der Waals surface area contributed by atoms with Gasteiger partial charge in [-0.3, -0.25) is 0 Å². The Morgan fingerprint density at radius 1 is 1.73 bits per heavy atom. The average molecular weight is 179 g/mol. The van der Waals surface area contributed by atoms with E-state index in [4.69, 9.17) is 21.1 Å². The van der Waals surface area contributed by atoms with E-state index < -0.39 is 0 Å². The van der Waals surface area contributed by atoms with E-state index in [1.807, 2.05) is 6.92 Å². The molecule has 3 heteroatoms. The highest BCUT2D eigenvalue weighted by Crippen LogP contribution is 2.35. The molecular formula is C8H15ClO2. The van der Waals surface area contributed by atoms with Crippen molar-refractivity contribution in [1.29, 1.82) is 0 Å². The Kier molecular flexibility index (Phi) is 3.16. The van der Waals surface area contributed by atoms with Crippen LogP contribution in [0.3, 0.4) is 0 Å². The van der Waals surface area contributed by atoms with E-state index in [2.05, 4.69) is 6.92 Å². The van der Waals surface area contributed by atoms with Gasteiger partial charge < -0.3 is 9.47 Å². The lowest BCUT2D eigenvalue weighted by atomic mass is 9.91. The Morgan fingerprint density at radius 3 is 2.91 bits per heavy atom. The molecule has 0 N–H and O–H groups in total. The van der Waals surface area contributed by atoms with Crippen LogP contribution in [-0.2, 0) is 9.47 Å². The minimum absolute atomic E-state index is 0.0254. The van der Waals surface area contributed by atoms with Crippen LogP contribution in [0.25, 0.3) is 0 Å². The second kappa shape index (κ2) is 3.74. The molecule has 11 heavy (non-hydrogen) atoms. The van der Waals surface area contributed by atoms with Gasteiger partial charge in [-0.2, -0.15) is 0 Å². The Morgan fingerprint density at radius 2 is 2.45 bits per heavy atom. The summed E-state index contributed by atoms with van der Waals surface area (Å²) in [6, 6.07) is 0. The Balaban J connectivity index is 2.42. The third-order valence-electron chi connectivity index (χ3n) is 2.11. The summed E-state index contributed by atoms with van der Waals surface area (Å²) in [7, 11) is 0. The second-order valence-electron chi connectivity index (χ2n) is 3.23. The first-order chi connectivity index (χ1) is 5.19. The third kappa shape index (κ3) is 2.08. The minimum atomic E-state index is -0.199. The van der Waals surface area contributed by atoms with E-state index in [1.165, 1.54) is 0 Å². The fourth-order valence-corrected chi connectivity index (χ4v) is 1.51. The molecule has 2 unspecified atom stereocenters. The standard InChI is InChI=1S/C8H15ClO2/c1-3-11-7(9)8(2)4-5-10-6-8/h7H,3-6H2,1-2H3. The molecule has 0 aromatic rings. The quantitative estimate of drug-likeness (QED) is 0.616. The zero-order valence-electron chi connectivity index (χ0n) is 7.10. The molecule has 66 valence electrons. The monoisotopic (exact) mass is 178 g/mol. The van der Waals surface area contributed by atoms with Crippen molar-refractivity contribution >= 4 is 11.6 Å². The number of ether oxygens (including phenoxy) is 2. The van der Waals surface area contributed by atoms with Crippen molar-refractivity contribution < 1.29 is 9.47 Å². The number of halogens is 1. The molecular weight excluding hydrogens is 164 g/mol. The Labute approximate surface area is 72.8 Å². The van der Waals surface area contributed by atoms with Gasteiger partial charge in [0.25, 0.3) is 0 Å². The van der Waals surface area contributed by atoms with E-state index in [0.29, 0.717) is 6.61 Å². The topological polar surface area (TPSA) is 18.5 Å². The average Bonchev–Trinajstić information content (AvgIpc) is 2.38. The van der Waals surface area contributed by atoms with Gasteiger partial charge >= 0.3 is 0 Å². The predicted octanol–water partition coefficient (Wildman–Crippen LogP) is 2.01. The molecule has 0 bridgehead atoms. The second-order valence-corrected chi connectivity index (χ2v) is 3.62. The molecule has 0 aromatic carbocycles. The van der Waals surface area contributed by atoms with Gasteiger partial charge in [0, 0.05) is 18.6 Å². The van der Waals surface area contributed by atoms with Crippen LogP contribution in [-0.4, -0.2) is 25.4 Å². The van der Waals surface area contributed by atoms with Gasteiger partial charge in [-0.25, -0.2) is 0 Å². The van der Waals surface area contributed by atoms with Crippen LogP contribution in [0.2, 0.25) is 0 Å². The molecule has 0 amide bonds. The van der Waals surface area contributed by atoms with E-state index in [1.54, 1.807) is 0 Å². The van der Waals surface area contributed by atoms with Crippen molar-refractivity contribution in [3.63, 3.8) is 0 Å².